The summed E-state index contributed by atoms with van der Waals surface area (Å²) in [5, 5.41) is 9.81. The SMILES string of the molecule is CN(C1=NC(=O)/C(=C\c2nc3ccccc3n2C)S1)c1ccccc1C(=O)O. The molecule has 7 nitrogen and oxygen atoms in total. The van der Waals surface area contributed by atoms with Crippen molar-refractivity contribution < 1.29 is 14.7 Å². The first-order chi connectivity index (χ1) is 13.5. The number of amides is 1. The molecule has 3 aromatic rings. The number of carboxylic acids is 1. The molecule has 1 aliphatic heterocycles. The standard InChI is InChI=1S/C20H16N4O3S/c1-23-15-10-6-4-8-13(15)21-17(23)11-16-18(25)22-20(28-16)24(2)14-9-5-3-7-12(14)19(26)27/h3-11H,1-2H3,(H,26,27)/b16-11+. The molecule has 0 atom stereocenters. The van der Waals surface area contributed by atoms with E-state index in [1.807, 2.05) is 35.9 Å². The van der Waals surface area contributed by atoms with Crippen molar-refractivity contribution in [3.8, 4) is 0 Å². The predicted molar refractivity (Wildman–Crippen MR) is 111 cm³/mol. The van der Waals surface area contributed by atoms with E-state index in [-0.39, 0.29) is 11.5 Å². The fourth-order valence-corrected chi connectivity index (χ4v) is 3.86. The maximum Gasteiger partial charge on any atom is 0.337 e. The van der Waals surface area contributed by atoms with E-state index in [2.05, 4.69) is 9.98 Å². The van der Waals surface area contributed by atoms with E-state index in [9.17, 15) is 14.7 Å². The number of carboxylic acid groups (broad SMARTS) is 1. The number of para-hydroxylation sites is 3. The fourth-order valence-electron chi connectivity index (χ4n) is 3.00. The van der Waals surface area contributed by atoms with E-state index in [0.29, 0.717) is 21.6 Å². The number of carbonyl (C=O) groups excluding carboxylic acids is 1. The number of carbonyl (C=O) groups is 2. The number of benzene rings is 2. The molecule has 0 unspecified atom stereocenters. The number of fused-ring (bicyclic) bond motifs is 1. The molecule has 0 bridgehead atoms. The summed E-state index contributed by atoms with van der Waals surface area (Å²) in [5.41, 5.74) is 2.44. The lowest BCUT2D eigenvalue weighted by Crippen LogP contribution is -2.24. The molecule has 1 aliphatic rings. The number of aliphatic imine (C=N–C) groups is 1. The van der Waals surface area contributed by atoms with Crippen LogP contribution in [0.25, 0.3) is 17.1 Å². The Kier molecular flexibility index (Phi) is 4.48. The van der Waals surface area contributed by atoms with Crippen LogP contribution in [0.1, 0.15) is 16.2 Å². The number of aromatic carboxylic acids is 1. The summed E-state index contributed by atoms with van der Waals surface area (Å²) in [4.78, 5) is 34.6. The molecule has 0 aliphatic carbocycles. The lowest BCUT2D eigenvalue weighted by Gasteiger charge is -2.19. The highest BCUT2D eigenvalue weighted by Gasteiger charge is 2.27. The van der Waals surface area contributed by atoms with Crippen molar-refractivity contribution in [1.29, 1.82) is 0 Å². The molecular formula is C20H16N4O3S. The second-order valence-corrected chi connectivity index (χ2v) is 7.22. The zero-order valence-electron chi connectivity index (χ0n) is 15.2. The molecule has 0 spiro atoms. The van der Waals surface area contributed by atoms with Gasteiger partial charge in [-0.3, -0.25) is 4.79 Å². The Morgan fingerprint density at radius 3 is 2.64 bits per heavy atom. The van der Waals surface area contributed by atoms with E-state index in [1.54, 1.807) is 36.2 Å². The van der Waals surface area contributed by atoms with Crippen LogP contribution in [0.15, 0.2) is 58.4 Å². The van der Waals surface area contributed by atoms with Gasteiger partial charge in [-0.1, -0.05) is 24.3 Å². The van der Waals surface area contributed by atoms with Crippen molar-refractivity contribution >= 4 is 51.6 Å². The van der Waals surface area contributed by atoms with E-state index >= 15 is 0 Å². The van der Waals surface area contributed by atoms with Crippen molar-refractivity contribution in [1.82, 2.24) is 9.55 Å². The van der Waals surface area contributed by atoms with Gasteiger partial charge in [0.15, 0.2) is 5.17 Å². The van der Waals surface area contributed by atoms with E-state index in [0.717, 1.165) is 11.0 Å². The summed E-state index contributed by atoms with van der Waals surface area (Å²) in [7, 11) is 3.59. The van der Waals surface area contributed by atoms with Gasteiger partial charge in [0.25, 0.3) is 5.91 Å². The summed E-state index contributed by atoms with van der Waals surface area (Å²) < 4.78 is 1.91. The van der Waals surface area contributed by atoms with Gasteiger partial charge in [0, 0.05) is 20.2 Å². The molecule has 0 saturated carbocycles. The normalized spacial score (nSPS) is 15.3. The zero-order valence-corrected chi connectivity index (χ0v) is 16.0. The largest absolute Gasteiger partial charge is 0.478 e. The number of amidine groups is 1. The third-order valence-electron chi connectivity index (χ3n) is 4.47. The monoisotopic (exact) mass is 392 g/mol. The van der Waals surface area contributed by atoms with Crippen molar-refractivity contribution in [2.75, 3.05) is 11.9 Å². The predicted octanol–water partition coefficient (Wildman–Crippen LogP) is 3.38. The molecule has 1 amide bonds. The third kappa shape index (κ3) is 3.07. The highest BCUT2D eigenvalue weighted by Crippen LogP contribution is 2.33. The van der Waals surface area contributed by atoms with Gasteiger partial charge in [-0.25, -0.2) is 9.78 Å². The summed E-state index contributed by atoms with van der Waals surface area (Å²) >= 11 is 1.20. The Bertz CT molecular complexity index is 1180. The molecule has 0 radical (unpaired) electrons. The number of aryl methyl sites for hydroxylation is 1. The first-order valence-corrected chi connectivity index (χ1v) is 9.27. The summed E-state index contributed by atoms with van der Waals surface area (Å²) in [6.45, 7) is 0. The van der Waals surface area contributed by atoms with Gasteiger partial charge in [-0.05, 0) is 36.0 Å². The fraction of sp³-hybridized carbons (Fsp3) is 0.100. The number of aromatic nitrogens is 2. The highest BCUT2D eigenvalue weighted by atomic mass is 32.2. The van der Waals surface area contributed by atoms with Crippen molar-refractivity contribution in [3.63, 3.8) is 0 Å². The number of nitrogens with zero attached hydrogens (tertiary/aromatic N) is 4. The average Bonchev–Trinajstić information content (AvgIpc) is 3.22. The number of hydrogen-bond donors (Lipinski definition) is 1. The van der Waals surface area contributed by atoms with E-state index < -0.39 is 5.97 Å². The van der Waals surface area contributed by atoms with Gasteiger partial charge in [0.1, 0.15) is 5.82 Å². The number of anilines is 1. The Labute approximate surface area is 165 Å². The van der Waals surface area contributed by atoms with Crippen molar-refractivity contribution in [3.05, 3.63) is 64.8 Å². The van der Waals surface area contributed by atoms with Crippen LogP contribution >= 0.6 is 11.8 Å². The lowest BCUT2D eigenvalue weighted by molar-refractivity contribution is -0.113. The van der Waals surface area contributed by atoms with Gasteiger partial charge < -0.3 is 14.6 Å². The summed E-state index contributed by atoms with van der Waals surface area (Å²) in [6.07, 6.45) is 1.71. The molecular weight excluding hydrogens is 376 g/mol. The molecule has 2 heterocycles. The summed E-state index contributed by atoms with van der Waals surface area (Å²) in [5.74, 6) is -0.748. The Morgan fingerprint density at radius 2 is 1.89 bits per heavy atom. The van der Waals surface area contributed by atoms with E-state index in [4.69, 9.17) is 0 Å². The molecule has 0 saturated heterocycles. The van der Waals surface area contributed by atoms with E-state index in [1.165, 1.54) is 17.8 Å². The molecule has 1 aromatic heterocycles. The van der Waals surface area contributed by atoms with Crippen LogP contribution in [0.4, 0.5) is 5.69 Å². The second kappa shape index (κ2) is 6.97. The smallest absolute Gasteiger partial charge is 0.337 e. The van der Waals surface area contributed by atoms with Crippen LogP contribution in [-0.4, -0.2) is 38.7 Å². The quantitative estimate of drug-likeness (QED) is 0.688. The van der Waals surface area contributed by atoms with Gasteiger partial charge >= 0.3 is 5.97 Å². The van der Waals surface area contributed by atoms with Gasteiger partial charge in [0.2, 0.25) is 0 Å². The van der Waals surface area contributed by atoms with Crippen LogP contribution in [-0.2, 0) is 11.8 Å². The average molecular weight is 392 g/mol. The van der Waals surface area contributed by atoms with Gasteiger partial charge in [0.05, 0.1) is 27.2 Å². The highest BCUT2D eigenvalue weighted by molar-refractivity contribution is 8.18. The Morgan fingerprint density at radius 1 is 1.18 bits per heavy atom. The maximum absolute atomic E-state index is 12.4. The number of imidazole rings is 1. The molecule has 0 fully saturated rings. The molecule has 2 aromatic carbocycles. The molecule has 1 N–H and O–H groups in total. The Balaban J connectivity index is 1.65. The van der Waals surface area contributed by atoms with Gasteiger partial charge in [-0.15, -0.1) is 0 Å². The number of thioether (sulfide) groups is 1. The van der Waals surface area contributed by atoms with Crippen LogP contribution < -0.4 is 4.90 Å². The minimum atomic E-state index is -1.03. The van der Waals surface area contributed by atoms with Crippen LogP contribution in [0.2, 0.25) is 0 Å². The van der Waals surface area contributed by atoms with Crippen LogP contribution in [0.5, 0.6) is 0 Å². The number of hydrogen-bond acceptors (Lipinski definition) is 5. The molecule has 28 heavy (non-hydrogen) atoms. The topological polar surface area (TPSA) is 87.8 Å². The lowest BCUT2D eigenvalue weighted by atomic mass is 10.1. The van der Waals surface area contributed by atoms with Gasteiger partial charge in [-0.2, -0.15) is 4.99 Å². The van der Waals surface area contributed by atoms with Crippen LogP contribution in [0.3, 0.4) is 0 Å². The van der Waals surface area contributed by atoms with Crippen molar-refractivity contribution in [2.24, 2.45) is 12.0 Å². The molecule has 140 valence electrons. The first-order valence-electron chi connectivity index (χ1n) is 8.46. The number of rotatable bonds is 3. The zero-order chi connectivity index (χ0) is 19.8. The minimum absolute atomic E-state index is 0.147. The Hall–Kier alpha value is -3.39. The maximum atomic E-state index is 12.4. The first kappa shape index (κ1) is 18.0. The third-order valence-corrected chi connectivity index (χ3v) is 5.53. The molecule has 4 rings (SSSR count). The minimum Gasteiger partial charge on any atom is -0.478 e. The van der Waals surface area contributed by atoms with Crippen molar-refractivity contribution in [2.45, 2.75) is 0 Å². The second-order valence-electron chi connectivity index (χ2n) is 6.21. The van der Waals surface area contributed by atoms with Crippen LogP contribution in [0, 0.1) is 0 Å². The summed E-state index contributed by atoms with van der Waals surface area (Å²) in [6, 6.07) is 14.3. The molecule has 8 heteroatoms.